The third-order valence-electron chi connectivity index (χ3n) is 14.7. The molecule has 2 aromatic rings. The van der Waals surface area contributed by atoms with E-state index < -0.39 is 24.3 Å². The monoisotopic (exact) mass is 1120 g/mol. The standard InChI is InChI=1S/C30H46O10.C20H38O8.C9H10O2/c1-5-29(19-38-20-29)17-36-14-26(33-4)13-34-11-12-35-15-27(16-37-18-30(6-2)21-39-22-30)40-28(32)25-9-7-24(8-10-25)23(3)31;1-3-19(13-27-14-19)11-25-9-17(21)7-23-5-6-24-8-18(22)10-26-12-20(4-2)15-28-16-20;1-7-3-5-8(6-4-7)9(10)11-2/h7-10,26-27H,5-6,11-22H2,1-4H3;17-18,21-22H,3-16H2,1-2H3;3-6H,1-2H3. The fourth-order valence-corrected chi connectivity index (χ4v) is 8.13. The number of hydrogen-bond donors (Lipinski definition) is 2. The van der Waals surface area contributed by atoms with E-state index in [0.29, 0.717) is 96.0 Å². The van der Waals surface area contributed by atoms with Crippen molar-refractivity contribution in [3.8, 4) is 0 Å². The van der Waals surface area contributed by atoms with E-state index in [1.54, 1.807) is 43.5 Å². The van der Waals surface area contributed by atoms with Crippen LogP contribution in [0.5, 0.6) is 0 Å². The molecule has 79 heavy (non-hydrogen) atoms. The molecule has 0 saturated carbocycles. The molecule has 0 aromatic heterocycles. The van der Waals surface area contributed by atoms with Crippen molar-refractivity contribution in [3.63, 3.8) is 0 Å². The highest BCUT2D eigenvalue weighted by molar-refractivity contribution is 5.96. The topological polar surface area (TPSA) is 230 Å². The van der Waals surface area contributed by atoms with E-state index in [0.717, 1.165) is 70.9 Å². The second-order valence-corrected chi connectivity index (χ2v) is 21.4. The molecule has 4 unspecified atom stereocenters. The fraction of sp³-hybridized carbons (Fsp3) is 0.746. The lowest BCUT2D eigenvalue weighted by molar-refractivity contribution is -0.159. The number of hydrogen-bond acceptors (Lipinski definition) is 20. The van der Waals surface area contributed by atoms with Gasteiger partial charge < -0.3 is 81.3 Å². The van der Waals surface area contributed by atoms with Gasteiger partial charge in [0.05, 0.1) is 177 Å². The average molecular weight is 1120 g/mol. The molecule has 4 fully saturated rings. The third kappa shape index (κ3) is 24.4. The Morgan fingerprint density at radius 3 is 1.10 bits per heavy atom. The lowest BCUT2D eigenvalue weighted by Crippen LogP contribution is -2.46. The predicted octanol–water partition coefficient (Wildman–Crippen LogP) is 5.76. The second kappa shape index (κ2) is 36.8. The van der Waals surface area contributed by atoms with E-state index in [-0.39, 0.29) is 79.2 Å². The summed E-state index contributed by atoms with van der Waals surface area (Å²) in [6.45, 7) is 23.6. The largest absolute Gasteiger partial charge is 0.465 e. The number of Topliss-reactive ketones (excluding diaryl/α,β-unsaturated/α-hetero) is 1. The summed E-state index contributed by atoms with van der Waals surface area (Å²) in [5, 5.41) is 19.7. The van der Waals surface area contributed by atoms with E-state index >= 15 is 0 Å². The molecule has 2 aromatic carbocycles. The van der Waals surface area contributed by atoms with E-state index in [1.807, 2.05) is 19.1 Å². The number of esters is 2. The lowest BCUT2D eigenvalue weighted by Gasteiger charge is -2.40. The molecule has 6 rings (SSSR count). The number of aryl methyl sites for hydroxylation is 1. The molecule has 20 nitrogen and oxygen atoms in total. The van der Waals surface area contributed by atoms with Crippen LogP contribution in [0.3, 0.4) is 0 Å². The Kier molecular flexibility index (Phi) is 31.7. The maximum absolute atomic E-state index is 12.8. The number of carbonyl (C=O) groups excluding carboxylic acids is 3. The molecule has 20 heteroatoms. The first-order chi connectivity index (χ1) is 38.1. The minimum Gasteiger partial charge on any atom is -0.465 e. The zero-order valence-corrected chi connectivity index (χ0v) is 48.5. The van der Waals surface area contributed by atoms with Crippen LogP contribution in [0.25, 0.3) is 0 Å². The maximum Gasteiger partial charge on any atom is 0.338 e. The van der Waals surface area contributed by atoms with Gasteiger partial charge in [-0.05, 0) is 63.8 Å². The molecular formula is C59H94O20. The van der Waals surface area contributed by atoms with Crippen LogP contribution in [-0.2, 0) is 71.1 Å². The summed E-state index contributed by atoms with van der Waals surface area (Å²) in [6, 6.07) is 13.7. The van der Waals surface area contributed by atoms with Gasteiger partial charge >= 0.3 is 11.9 Å². The van der Waals surface area contributed by atoms with Crippen molar-refractivity contribution in [1.29, 1.82) is 0 Å². The van der Waals surface area contributed by atoms with Gasteiger partial charge in [0.25, 0.3) is 0 Å². The first-order valence-corrected chi connectivity index (χ1v) is 27.9. The van der Waals surface area contributed by atoms with Crippen molar-refractivity contribution in [3.05, 3.63) is 70.8 Å². The number of ketones is 1. The number of carbonyl (C=O) groups is 3. The Morgan fingerprint density at radius 2 is 0.759 bits per heavy atom. The van der Waals surface area contributed by atoms with Gasteiger partial charge in [-0.2, -0.15) is 0 Å². The highest BCUT2D eigenvalue weighted by atomic mass is 16.6. The highest BCUT2D eigenvalue weighted by Gasteiger charge is 2.40. The van der Waals surface area contributed by atoms with Crippen LogP contribution in [0.4, 0.5) is 0 Å². The Balaban J connectivity index is 0.000000296. The first kappa shape index (κ1) is 68.0. The first-order valence-electron chi connectivity index (χ1n) is 27.9. The summed E-state index contributed by atoms with van der Waals surface area (Å²) in [5.41, 5.74) is 3.04. The van der Waals surface area contributed by atoms with Gasteiger partial charge in [0.1, 0.15) is 24.4 Å². The van der Waals surface area contributed by atoms with Gasteiger partial charge in [-0.25, -0.2) is 9.59 Å². The normalized spacial score (nSPS) is 18.7. The summed E-state index contributed by atoms with van der Waals surface area (Å²) in [5.74, 6) is -0.850. The molecule has 4 atom stereocenters. The number of aliphatic hydroxyl groups excluding tert-OH is 2. The van der Waals surface area contributed by atoms with Crippen LogP contribution in [0.15, 0.2) is 48.5 Å². The minimum atomic E-state index is -0.657. The van der Waals surface area contributed by atoms with E-state index in [1.165, 1.54) is 14.0 Å². The summed E-state index contributed by atoms with van der Waals surface area (Å²) in [7, 11) is 3.02. The van der Waals surface area contributed by atoms with Crippen molar-refractivity contribution in [2.24, 2.45) is 21.7 Å². The summed E-state index contributed by atoms with van der Waals surface area (Å²) in [6.07, 6.45) is 1.92. The molecule has 0 bridgehead atoms. The van der Waals surface area contributed by atoms with Crippen molar-refractivity contribution in [2.75, 3.05) is 173 Å². The number of aliphatic hydroxyl groups is 2. The van der Waals surface area contributed by atoms with Gasteiger partial charge in [-0.1, -0.05) is 57.5 Å². The zero-order chi connectivity index (χ0) is 57.4. The Labute approximate surface area is 468 Å². The zero-order valence-electron chi connectivity index (χ0n) is 48.5. The molecule has 4 saturated heterocycles. The van der Waals surface area contributed by atoms with Crippen LogP contribution in [-0.4, -0.2) is 225 Å². The van der Waals surface area contributed by atoms with Gasteiger partial charge in [-0.3, -0.25) is 4.79 Å². The van der Waals surface area contributed by atoms with Crippen molar-refractivity contribution < 1.29 is 95.6 Å². The molecule has 2 N–H and O–H groups in total. The van der Waals surface area contributed by atoms with Crippen LogP contribution >= 0.6 is 0 Å². The molecular weight excluding hydrogens is 1030 g/mol. The second-order valence-electron chi connectivity index (χ2n) is 21.4. The smallest absolute Gasteiger partial charge is 0.338 e. The predicted molar refractivity (Wildman–Crippen MR) is 292 cm³/mol. The fourth-order valence-electron chi connectivity index (χ4n) is 8.13. The van der Waals surface area contributed by atoms with Crippen molar-refractivity contribution in [1.82, 2.24) is 0 Å². The third-order valence-corrected chi connectivity index (χ3v) is 14.7. The summed E-state index contributed by atoms with van der Waals surface area (Å²) in [4.78, 5) is 35.2. The number of rotatable bonds is 39. The number of methoxy groups -OCH3 is 2. The summed E-state index contributed by atoms with van der Waals surface area (Å²) >= 11 is 0. The quantitative estimate of drug-likeness (QED) is 0.0461. The molecule has 0 radical (unpaired) electrons. The molecule has 0 spiro atoms. The van der Waals surface area contributed by atoms with E-state index in [2.05, 4.69) is 32.4 Å². The van der Waals surface area contributed by atoms with E-state index in [4.69, 9.17) is 66.3 Å². The van der Waals surface area contributed by atoms with Crippen molar-refractivity contribution in [2.45, 2.75) is 91.6 Å². The van der Waals surface area contributed by atoms with Crippen LogP contribution in [0.2, 0.25) is 0 Å². The Hall–Kier alpha value is -3.55. The van der Waals surface area contributed by atoms with Crippen LogP contribution in [0, 0.1) is 28.6 Å². The molecule has 4 heterocycles. The number of benzene rings is 2. The Bertz CT molecular complexity index is 1910. The maximum atomic E-state index is 12.8. The SMILES string of the molecule is CCC1(COCC(COCCOCC(COCC2(CC)COC2)OC(=O)c2ccc(C(C)=O)cc2)OC)COC1.CCC1(COCC(O)COCCOCC(O)COCC2(CC)COC2)COC1.COC(=O)c1ccc(C)cc1. The molecule has 0 amide bonds. The molecule has 450 valence electrons. The van der Waals surface area contributed by atoms with Crippen LogP contribution < -0.4 is 0 Å². The molecule has 4 aliphatic rings. The minimum absolute atomic E-state index is 0.0240. The van der Waals surface area contributed by atoms with E-state index in [9.17, 15) is 24.6 Å². The van der Waals surface area contributed by atoms with Crippen molar-refractivity contribution >= 4 is 17.7 Å². The van der Waals surface area contributed by atoms with Crippen LogP contribution in [0.1, 0.15) is 96.9 Å². The van der Waals surface area contributed by atoms with Gasteiger partial charge in [0, 0.05) is 34.3 Å². The summed E-state index contributed by atoms with van der Waals surface area (Å²) < 4.78 is 82.1. The van der Waals surface area contributed by atoms with Gasteiger partial charge in [0.15, 0.2) is 5.78 Å². The van der Waals surface area contributed by atoms with Gasteiger partial charge in [-0.15, -0.1) is 0 Å². The molecule has 0 aliphatic carbocycles. The molecule has 4 aliphatic heterocycles. The number of ether oxygens (including phenoxy) is 15. The lowest BCUT2D eigenvalue weighted by atomic mass is 9.84. The average Bonchev–Trinajstić information content (AvgIpc) is 3.41. The Morgan fingerprint density at radius 1 is 0.456 bits per heavy atom. The van der Waals surface area contributed by atoms with Gasteiger partial charge in [0.2, 0.25) is 0 Å². The highest BCUT2D eigenvalue weighted by Crippen LogP contribution is 2.34.